The molecule has 0 saturated carbocycles. The van der Waals surface area contributed by atoms with Gasteiger partial charge in [0.05, 0.1) is 90.4 Å². The molecule has 20 rings (SSSR count). The minimum absolute atomic E-state index is 0.0119. The van der Waals surface area contributed by atoms with E-state index in [0.717, 1.165) is 151 Å². The van der Waals surface area contributed by atoms with E-state index in [9.17, 15) is 27.2 Å². The Kier molecular flexibility index (Phi) is 23.6. The fraction of sp³-hybridized carbons (Fsp3) is 0.284. The van der Waals surface area contributed by atoms with E-state index in [4.69, 9.17) is 10.00 Å². The average molecular weight is 1680 g/mol. The molecule has 12 heterocycles. The number of methoxy groups -OCH3 is 1. The second-order valence-electron chi connectivity index (χ2n) is 33.3. The molecule has 0 bridgehead atoms. The van der Waals surface area contributed by atoms with E-state index in [1.807, 2.05) is 161 Å². The minimum Gasteiger partial charge on any atom is -0.497 e. The van der Waals surface area contributed by atoms with Gasteiger partial charge >= 0.3 is 0 Å². The van der Waals surface area contributed by atoms with Gasteiger partial charge in [-0.25, -0.2) is 12.8 Å². The highest BCUT2D eigenvalue weighted by atomic mass is 32.2. The number of aromatic nitrogens is 16. The third kappa shape index (κ3) is 17.5. The molecule has 4 aliphatic heterocycles. The molecule has 0 aliphatic carbocycles. The fourth-order valence-electron chi connectivity index (χ4n) is 18.2. The highest BCUT2D eigenvalue weighted by Gasteiger charge is 2.41. The van der Waals surface area contributed by atoms with Gasteiger partial charge in [0, 0.05) is 162 Å². The number of hydrogen-bond acceptors (Lipinski definition) is 15. The summed E-state index contributed by atoms with van der Waals surface area (Å²) in [5.74, 6) is 1.38. The fourth-order valence-corrected chi connectivity index (χ4v) is 20.1. The van der Waals surface area contributed by atoms with Crippen LogP contribution in [-0.4, -0.2) is 183 Å². The van der Waals surface area contributed by atoms with Crippen molar-refractivity contribution in [2.24, 2.45) is 23.7 Å². The number of sulfonamides is 1. The predicted molar refractivity (Wildman–Crippen MR) is 473 cm³/mol. The normalized spacial score (nSPS) is 18.9. The number of ether oxygens (including phenoxy) is 1. The zero-order chi connectivity index (χ0) is 85.9. The Morgan fingerprint density at radius 2 is 0.782 bits per heavy atom. The quantitative estimate of drug-likeness (QED) is 0.0620. The van der Waals surface area contributed by atoms with Crippen LogP contribution in [-0.2, 0) is 36.2 Å². The molecule has 0 spiro atoms. The molecule has 4 unspecified atom stereocenters. The van der Waals surface area contributed by atoms with Crippen LogP contribution in [0.5, 0.6) is 5.75 Å². The Bertz CT molecular complexity index is 6670. The van der Waals surface area contributed by atoms with Gasteiger partial charge in [-0.2, -0.15) is 50.4 Å². The zero-order valence-electron chi connectivity index (χ0n) is 70.0. The number of nitrogens with one attached hydrogen (secondary N) is 4. The summed E-state index contributed by atoms with van der Waals surface area (Å²) in [7, 11) is -2.29. The molecule has 4 N–H and O–H groups in total. The van der Waals surface area contributed by atoms with Gasteiger partial charge in [-0.3, -0.25) is 53.5 Å². The van der Waals surface area contributed by atoms with Gasteiger partial charge in [-0.15, -0.1) is 0 Å². The molecule has 4 saturated heterocycles. The second-order valence-corrected chi connectivity index (χ2v) is 35.1. The molecule has 0 radical (unpaired) electrons. The summed E-state index contributed by atoms with van der Waals surface area (Å²) in [6, 6.07) is 54.3. The number of H-pyrrole nitrogens is 4. The maximum absolute atomic E-state index is 14.6. The monoisotopic (exact) mass is 1680 g/mol. The number of benzene rings is 8. The molecule has 8 atom stereocenters. The Labute approximate surface area is 716 Å². The molecule has 8 aromatic carbocycles. The number of aromatic amines is 4. The van der Waals surface area contributed by atoms with E-state index in [1.165, 1.54) is 10.4 Å². The number of amides is 3. The summed E-state index contributed by atoms with van der Waals surface area (Å²) in [5, 5.41) is 59.3. The summed E-state index contributed by atoms with van der Waals surface area (Å²) in [6.45, 7) is 17.3. The van der Waals surface area contributed by atoms with E-state index in [-0.39, 0.29) is 52.7 Å². The Hall–Kier alpha value is -14.0. The first-order chi connectivity index (χ1) is 60.2. The molecule has 29 heteroatoms. The van der Waals surface area contributed by atoms with Crippen molar-refractivity contribution in [2.75, 3.05) is 33.3 Å². The molecule has 8 aromatic heterocycles. The molecule has 630 valence electrons. The smallest absolute Gasteiger partial charge is 0.254 e. The lowest BCUT2D eigenvalue weighted by atomic mass is 10.1. The molecule has 4 fully saturated rings. The number of aryl methyl sites for hydroxylation is 2. The Balaban J connectivity index is 0.000000117. The van der Waals surface area contributed by atoms with Gasteiger partial charge in [0.2, 0.25) is 10.0 Å². The highest BCUT2D eigenvalue weighted by molar-refractivity contribution is 7.89. The van der Waals surface area contributed by atoms with Crippen molar-refractivity contribution in [1.29, 1.82) is 5.26 Å². The highest BCUT2D eigenvalue weighted by Crippen LogP contribution is 2.37. The van der Waals surface area contributed by atoms with Gasteiger partial charge in [-0.1, -0.05) is 66.2 Å². The number of fused-ring (bicyclic) bond motifs is 4. The molecule has 4 aliphatic rings. The first-order valence-corrected chi connectivity index (χ1v) is 43.3. The lowest BCUT2D eigenvalue weighted by Gasteiger charge is -2.21. The standard InChI is InChI=1S/C24H22N6O.C24H25N5O2.C24H25N5O.C23H24FN5O2S/c1-16-7-18(14-29(16)24(31)20-4-2-3-17(8-20)10-25)15-30-23-6-5-19(9-21(23)13-28-30)22-11-26-27-12-22;1-16-8-17(14-28(16)24(30)19-4-3-5-22(10-19)31-2)15-29-23-7-6-18(9-20(23)13-27-29)21-11-25-26-12-21;1-16-4-3-5-20(8-16)24(30)28-14-18(9-17(28)2)15-29-23-7-6-19(10-21(23)13-27-29)22-11-25-26-12-22;1-15-4-3-5-22(23(15)24)32(30,31)29-14-17(8-16(29)2)13-28-21-7-6-18(9-19(21)12-27-28)20-10-25-26-11-20/h2-6,8-9,11-13,16,18H,7,14-15H2,1H3,(H,26,27);3-7,9-13,16-17H,8,14-15H2,1-2H3,(H,25,26);3-8,10-13,17-18H,9,14-15H2,1-2H3,(H,25,26);3-7,9-12,16-17H,8,13-14H2,1-2H3,(H,25,26)/t16-,18?;16-,17?;17-,18?;16-,17?/m0000/s1. The van der Waals surface area contributed by atoms with Crippen LogP contribution < -0.4 is 4.74 Å². The topological polar surface area (TPSA) is 317 Å². The van der Waals surface area contributed by atoms with E-state index >= 15 is 0 Å². The van der Waals surface area contributed by atoms with Crippen LogP contribution in [0.4, 0.5) is 4.39 Å². The van der Waals surface area contributed by atoms with E-state index < -0.39 is 15.8 Å². The van der Waals surface area contributed by atoms with Crippen molar-refractivity contribution in [3.8, 4) is 56.3 Å². The first kappa shape index (κ1) is 82.3. The van der Waals surface area contributed by atoms with Crippen LogP contribution in [0.25, 0.3) is 88.1 Å². The summed E-state index contributed by atoms with van der Waals surface area (Å²) < 4.78 is 55.7. The number of rotatable bonds is 18. The van der Waals surface area contributed by atoms with E-state index in [1.54, 1.807) is 62.7 Å². The van der Waals surface area contributed by atoms with Crippen LogP contribution in [0.15, 0.2) is 243 Å². The molecular weight excluding hydrogens is 1580 g/mol. The van der Waals surface area contributed by atoms with Gasteiger partial charge in [0.1, 0.15) is 16.5 Å². The van der Waals surface area contributed by atoms with Crippen LogP contribution in [0.2, 0.25) is 0 Å². The van der Waals surface area contributed by atoms with Crippen molar-refractivity contribution in [3.05, 3.63) is 277 Å². The van der Waals surface area contributed by atoms with E-state index in [0.29, 0.717) is 71.8 Å². The van der Waals surface area contributed by atoms with Crippen molar-refractivity contribution in [2.45, 2.75) is 122 Å². The Morgan fingerprint density at radius 1 is 0.427 bits per heavy atom. The number of carbonyl (C=O) groups is 3. The number of hydrogen-bond donors (Lipinski definition) is 4. The van der Waals surface area contributed by atoms with Gasteiger partial charge in [0.15, 0.2) is 0 Å². The third-order valence-corrected chi connectivity index (χ3v) is 26.5. The average Bonchev–Trinajstić information content (AvgIpc) is 1.50. The van der Waals surface area contributed by atoms with Crippen molar-refractivity contribution in [1.82, 2.24) is 98.9 Å². The van der Waals surface area contributed by atoms with Crippen molar-refractivity contribution < 1.29 is 31.9 Å². The molecule has 124 heavy (non-hydrogen) atoms. The lowest BCUT2D eigenvalue weighted by Crippen LogP contribution is -2.34. The summed E-state index contributed by atoms with van der Waals surface area (Å²) in [4.78, 5) is 44.8. The number of nitrogens with zero attached hydrogens (tertiary/aromatic N) is 17. The predicted octanol–water partition coefficient (Wildman–Crippen LogP) is 16.1. The van der Waals surface area contributed by atoms with Gasteiger partial charge in [0.25, 0.3) is 17.7 Å². The maximum Gasteiger partial charge on any atom is 0.254 e. The SMILES string of the molecule is COc1cccc(C(=O)N2CC(Cn3ncc4cc(-c5cn[nH]c5)ccc43)C[C@@H]2C)c1.C[C@H]1CC(Cn2ncc3cc(-c4cn[nH]c4)ccc32)CN1C(=O)c1cccc(C#N)c1.Cc1cccc(C(=O)N2CC(Cn3ncc4cc(-c5cn[nH]c5)ccc43)C[C@@H]2C)c1.Cc1cccc(S(=O)(=O)N2CC(Cn3ncc4cc(-c5cn[nH]c5)ccc43)C[C@@H]2C)c1F. The van der Waals surface area contributed by atoms with Gasteiger partial charge in [-0.05, 0) is 222 Å². The molecule has 3 amide bonds. The molecular formula is C95H96FN21O6S. The van der Waals surface area contributed by atoms with Crippen LogP contribution in [0.1, 0.15) is 101 Å². The van der Waals surface area contributed by atoms with Crippen LogP contribution in [0, 0.1) is 54.7 Å². The summed E-state index contributed by atoms with van der Waals surface area (Å²) in [5.41, 5.74) is 16.9. The van der Waals surface area contributed by atoms with Gasteiger partial charge < -0.3 is 19.4 Å². The summed E-state index contributed by atoms with van der Waals surface area (Å²) >= 11 is 0. The molecule has 27 nitrogen and oxygen atoms in total. The third-order valence-electron chi connectivity index (χ3n) is 24.6. The number of nitriles is 1. The molecule has 16 aromatic rings. The number of carbonyl (C=O) groups excluding carboxylic acids is 3. The van der Waals surface area contributed by atoms with Crippen LogP contribution >= 0.6 is 0 Å². The number of likely N-dealkylation sites (tertiary alicyclic amines) is 3. The largest absolute Gasteiger partial charge is 0.497 e. The van der Waals surface area contributed by atoms with Crippen LogP contribution in [0.3, 0.4) is 0 Å². The summed E-state index contributed by atoms with van der Waals surface area (Å²) in [6.07, 6.45) is 25.9. The first-order valence-electron chi connectivity index (χ1n) is 41.9. The minimum atomic E-state index is -3.91. The van der Waals surface area contributed by atoms with Crippen molar-refractivity contribution in [3.63, 3.8) is 0 Å². The maximum atomic E-state index is 14.6. The Morgan fingerprint density at radius 3 is 1.15 bits per heavy atom. The van der Waals surface area contributed by atoms with E-state index in [2.05, 4.69) is 158 Å². The lowest BCUT2D eigenvalue weighted by molar-refractivity contribution is 0.0734. The second kappa shape index (κ2) is 35.6. The van der Waals surface area contributed by atoms with Crippen molar-refractivity contribution >= 4 is 71.4 Å². The number of halogens is 1. The zero-order valence-corrected chi connectivity index (χ0v) is 70.8.